The van der Waals surface area contributed by atoms with E-state index in [9.17, 15) is 9.59 Å². The summed E-state index contributed by atoms with van der Waals surface area (Å²) in [6, 6.07) is 6.44. The summed E-state index contributed by atoms with van der Waals surface area (Å²) in [6.07, 6.45) is 2.97. The molecule has 1 aromatic carbocycles. The van der Waals surface area contributed by atoms with Crippen molar-refractivity contribution in [3.63, 3.8) is 0 Å². The molecule has 30 heavy (non-hydrogen) atoms. The van der Waals surface area contributed by atoms with Gasteiger partial charge in [0.1, 0.15) is 0 Å². The lowest BCUT2D eigenvalue weighted by Gasteiger charge is -2.07. The van der Waals surface area contributed by atoms with Crippen molar-refractivity contribution in [2.45, 2.75) is 60.4 Å². The number of rotatable bonds is 4. The smallest absolute Gasteiger partial charge is 0.277 e. The minimum atomic E-state index is -0.280. The van der Waals surface area contributed by atoms with Crippen molar-refractivity contribution < 1.29 is 0 Å². The normalized spacial score (nSPS) is 12.7. The van der Waals surface area contributed by atoms with Gasteiger partial charge in [-0.1, -0.05) is 43.7 Å². The van der Waals surface area contributed by atoms with Crippen LogP contribution < -0.4 is 15.7 Å². The van der Waals surface area contributed by atoms with Crippen molar-refractivity contribution in [1.29, 1.82) is 0 Å². The average Bonchev–Trinajstić information content (AvgIpc) is 3.11. The Labute approximate surface area is 179 Å². The molecule has 0 N–H and O–H groups in total. The van der Waals surface area contributed by atoms with Crippen LogP contribution in [0.25, 0.3) is 21.9 Å². The maximum Gasteiger partial charge on any atom is 0.277 e. The molecule has 6 heteroatoms. The molecule has 0 atom stereocenters. The number of hydrogen-bond acceptors (Lipinski definition) is 4. The molecule has 3 heterocycles. The van der Waals surface area contributed by atoms with Crippen molar-refractivity contribution in [3.05, 3.63) is 71.5 Å². The molecule has 0 aliphatic carbocycles. The highest BCUT2D eigenvalue weighted by atomic mass is 32.1. The topological polar surface area (TPSA) is 56.4 Å². The summed E-state index contributed by atoms with van der Waals surface area (Å²) >= 11 is 1.29. The molecule has 0 saturated heterocycles. The Morgan fingerprint density at radius 3 is 2.53 bits per heavy atom. The summed E-state index contributed by atoms with van der Waals surface area (Å²) in [6.45, 7) is 13.0. The molecule has 0 aliphatic heterocycles. The highest BCUT2D eigenvalue weighted by molar-refractivity contribution is 7.15. The summed E-state index contributed by atoms with van der Waals surface area (Å²) in [5.41, 5.74) is 5.32. The van der Waals surface area contributed by atoms with Gasteiger partial charge in [0.05, 0.1) is 4.53 Å². The van der Waals surface area contributed by atoms with Crippen LogP contribution in [0.1, 0.15) is 61.2 Å². The third-order valence-corrected chi connectivity index (χ3v) is 6.69. The van der Waals surface area contributed by atoms with E-state index in [1.54, 1.807) is 0 Å². The van der Waals surface area contributed by atoms with Crippen LogP contribution in [-0.4, -0.2) is 14.0 Å². The molecular weight excluding hydrogens is 394 g/mol. The first-order valence-electron chi connectivity index (χ1n) is 10.4. The summed E-state index contributed by atoms with van der Waals surface area (Å²) in [5.74, 6) is 0.0193. The predicted octanol–water partition coefficient (Wildman–Crippen LogP) is 4.08. The van der Waals surface area contributed by atoms with Crippen molar-refractivity contribution in [2.24, 2.45) is 0 Å². The highest BCUT2D eigenvalue weighted by Gasteiger charge is 2.18. The second kappa shape index (κ2) is 7.51. The summed E-state index contributed by atoms with van der Waals surface area (Å²) in [4.78, 5) is 31.2. The zero-order chi connectivity index (χ0) is 21.7. The third kappa shape index (κ3) is 3.10. The number of nitrogens with zero attached hydrogens (tertiary/aromatic N) is 3. The first-order valence-corrected chi connectivity index (χ1v) is 11.2. The van der Waals surface area contributed by atoms with E-state index >= 15 is 0 Å². The van der Waals surface area contributed by atoms with Gasteiger partial charge in [0.15, 0.2) is 0 Å². The number of aromatic nitrogens is 3. The molecule has 3 aromatic heterocycles. The van der Waals surface area contributed by atoms with Gasteiger partial charge in [-0.3, -0.25) is 9.59 Å². The van der Waals surface area contributed by atoms with Crippen molar-refractivity contribution in [1.82, 2.24) is 14.0 Å². The van der Waals surface area contributed by atoms with Gasteiger partial charge in [-0.15, -0.1) is 0 Å². The maximum atomic E-state index is 13.2. The van der Waals surface area contributed by atoms with Crippen LogP contribution in [-0.2, 0) is 6.54 Å². The Balaban J connectivity index is 2.07. The van der Waals surface area contributed by atoms with Gasteiger partial charge in [0.2, 0.25) is 4.96 Å². The lowest BCUT2D eigenvalue weighted by molar-refractivity contribution is 0.685. The van der Waals surface area contributed by atoms with Crippen LogP contribution >= 0.6 is 11.3 Å². The summed E-state index contributed by atoms with van der Waals surface area (Å²) in [7, 11) is 0. The second-order valence-electron chi connectivity index (χ2n) is 8.28. The standard InChI is InChI=1S/C24H27N3O2S/c1-7-10-26-16(6)17(18-11-14(4)8-9-19(18)26)12-20-22(28)27-23(29)21(13(2)3)15(5)25-24(27)30-20/h8-9,11-13H,7,10H2,1-6H3/b20-12-. The van der Waals surface area contributed by atoms with Gasteiger partial charge >= 0.3 is 0 Å². The highest BCUT2D eigenvalue weighted by Crippen LogP contribution is 2.28. The first kappa shape index (κ1) is 20.5. The average molecular weight is 422 g/mol. The lowest BCUT2D eigenvalue weighted by Crippen LogP contribution is -2.33. The Morgan fingerprint density at radius 1 is 1.13 bits per heavy atom. The lowest BCUT2D eigenvalue weighted by atomic mass is 10.0. The van der Waals surface area contributed by atoms with E-state index in [0.29, 0.717) is 20.8 Å². The molecule has 0 spiro atoms. The van der Waals surface area contributed by atoms with E-state index in [1.165, 1.54) is 26.8 Å². The van der Waals surface area contributed by atoms with Gasteiger partial charge in [0, 0.05) is 40.0 Å². The Hall–Kier alpha value is -2.73. The molecule has 4 rings (SSSR count). The zero-order valence-electron chi connectivity index (χ0n) is 18.4. The molecule has 0 radical (unpaired) electrons. The van der Waals surface area contributed by atoms with Gasteiger partial charge in [-0.2, -0.15) is 0 Å². The number of hydrogen-bond donors (Lipinski definition) is 0. The maximum absolute atomic E-state index is 13.2. The minimum absolute atomic E-state index is 0.0193. The fraction of sp³-hybridized carbons (Fsp3) is 0.375. The van der Waals surface area contributed by atoms with E-state index in [0.717, 1.165) is 29.6 Å². The third-order valence-electron chi connectivity index (χ3n) is 5.72. The molecule has 0 unspecified atom stereocenters. The first-order chi connectivity index (χ1) is 14.2. The van der Waals surface area contributed by atoms with Gasteiger partial charge in [-0.05, 0) is 51.3 Å². The van der Waals surface area contributed by atoms with E-state index < -0.39 is 0 Å². The number of aryl methyl sites for hydroxylation is 3. The largest absolute Gasteiger partial charge is 0.344 e. The quantitative estimate of drug-likeness (QED) is 0.499. The molecule has 0 bridgehead atoms. The molecule has 0 fully saturated rings. The second-order valence-corrected chi connectivity index (χ2v) is 9.28. The van der Waals surface area contributed by atoms with E-state index in [-0.39, 0.29) is 17.0 Å². The molecule has 5 nitrogen and oxygen atoms in total. The Kier molecular flexibility index (Phi) is 5.14. The van der Waals surface area contributed by atoms with Crippen LogP contribution in [0.2, 0.25) is 0 Å². The number of benzene rings is 1. The number of thiazole rings is 1. The molecule has 0 aliphatic rings. The van der Waals surface area contributed by atoms with E-state index in [1.807, 2.05) is 26.8 Å². The van der Waals surface area contributed by atoms with Crippen LogP contribution in [0, 0.1) is 20.8 Å². The van der Waals surface area contributed by atoms with Crippen LogP contribution in [0.5, 0.6) is 0 Å². The predicted molar refractivity (Wildman–Crippen MR) is 125 cm³/mol. The molecule has 4 aromatic rings. The van der Waals surface area contributed by atoms with Crippen LogP contribution in [0.3, 0.4) is 0 Å². The van der Waals surface area contributed by atoms with Crippen molar-refractivity contribution in [3.8, 4) is 0 Å². The monoisotopic (exact) mass is 421 g/mol. The zero-order valence-corrected chi connectivity index (χ0v) is 19.2. The van der Waals surface area contributed by atoms with Gasteiger partial charge in [-0.25, -0.2) is 9.38 Å². The summed E-state index contributed by atoms with van der Waals surface area (Å²) in [5, 5.41) is 1.14. The molecule has 0 amide bonds. The van der Waals surface area contributed by atoms with Crippen LogP contribution in [0.15, 0.2) is 27.8 Å². The Morgan fingerprint density at radius 2 is 1.87 bits per heavy atom. The van der Waals surface area contributed by atoms with Gasteiger partial charge < -0.3 is 4.57 Å². The van der Waals surface area contributed by atoms with E-state index in [2.05, 4.69) is 48.5 Å². The number of fused-ring (bicyclic) bond motifs is 2. The fourth-order valence-electron chi connectivity index (χ4n) is 4.32. The fourth-order valence-corrected chi connectivity index (χ4v) is 5.31. The summed E-state index contributed by atoms with van der Waals surface area (Å²) < 4.78 is 4.09. The molecule has 156 valence electrons. The Bertz CT molecular complexity index is 1450. The molecule has 0 saturated carbocycles. The van der Waals surface area contributed by atoms with Crippen LogP contribution in [0.4, 0.5) is 0 Å². The van der Waals surface area contributed by atoms with Gasteiger partial charge in [0.25, 0.3) is 11.1 Å². The minimum Gasteiger partial charge on any atom is -0.344 e. The SMILES string of the molecule is CCCn1c(C)c(/C=c2\sc3nc(C)c(C(C)C)c(=O)n3c2=O)c2cc(C)ccc21. The van der Waals surface area contributed by atoms with Crippen molar-refractivity contribution >= 4 is 33.3 Å². The molecular formula is C24H27N3O2S. The van der Waals surface area contributed by atoms with E-state index in [4.69, 9.17) is 0 Å². The van der Waals surface area contributed by atoms with Crippen molar-refractivity contribution in [2.75, 3.05) is 0 Å².